The summed E-state index contributed by atoms with van der Waals surface area (Å²) in [6, 6.07) is 7.32. The number of nitrogens with one attached hydrogen (secondary N) is 1. The first-order valence-electron chi connectivity index (χ1n) is 9.01. The van der Waals surface area contributed by atoms with Crippen molar-refractivity contribution in [3.05, 3.63) is 23.8 Å². The van der Waals surface area contributed by atoms with Crippen LogP contribution in [0.15, 0.2) is 18.2 Å². The molecule has 0 saturated heterocycles. The van der Waals surface area contributed by atoms with Crippen molar-refractivity contribution in [2.45, 2.75) is 64.6 Å². The number of nitriles is 1. The van der Waals surface area contributed by atoms with Crippen LogP contribution in [-0.4, -0.2) is 24.7 Å². The third-order valence-corrected chi connectivity index (χ3v) is 5.03. The molecule has 1 fully saturated rings. The quantitative estimate of drug-likeness (QED) is 0.836. The van der Waals surface area contributed by atoms with Gasteiger partial charge in [0.25, 0.3) is 5.91 Å². The molecule has 5 heteroatoms. The first kappa shape index (κ1) is 19.3. The SMILES string of the molecule is CC[C@H](C)Oc1ccc(NC(=O)[C@@]2(OC)CCC[C@@H](C)C2)c(C#N)c1. The molecule has 3 atom stereocenters. The fourth-order valence-corrected chi connectivity index (χ4v) is 3.34. The first-order chi connectivity index (χ1) is 11.9. The van der Waals surface area contributed by atoms with Crippen molar-refractivity contribution in [2.75, 3.05) is 12.4 Å². The summed E-state index contributed by atoms with van der Waals surface area (Å²) in [6.45, 7) is 6.16. The number of anilines is 1. The van der Waals surface area contributed by atoms with Crippen molar-refractivity contribution in [3.8, 4) is 11.8 Å². The maximum atomic E-state index is 12.9. The van der Waals surface area contributed by atoms with Gasteiger partial charge in [0, 0.05) is 13.2 Å². The van der Waals surface area contributed by atoms with E-state index in [2.05, 4.69) is 18.3 Å². The van der Waals surface area contributed by atoms with Crippen molar-refractivity contribution >= 4 is 11.6 Å². The predicted octanol–water partition coefficient (Wildman–Crippen LogP) is 4.27. The second-order valence-electron chi connectivity index (χ2n) is 7.01. The third-order valence-electron chi connectivity index (χ3n) is 5.03. The van der Waals surface area contributed by atoms with Crippen LogP contribution < -0.4 is 10.1 Å². The number of nitrogens with zero attached hydrogens (tertiary/aromatic N) is 1. The highest BCUT2D eigenvalue weighted by molar-refractivity contribution is 5.98. The van der Waals surface area contributed by atoms with Crippen molar-refractivity contribution < 1.29 is 14.3 Å². The van der Waals surface area contributed by atoms with Crippen molar-refractivity contribution in [3.63, 3.8) is 0 Å². The van der Waals surface area contributed by atoms with Crippen LogP contribution in [0.2, 0.25) is 0 Å². The van der Waals surface area contributed by atoms with Crippen LogP contribution in [0.1, 0.15) is 58.4 Å². The van der Waals surface area contributed by atoms with Gasteiger partial charge in [-0.3, -0.25) is 4.79 Å². The summed E-state index contributed by atoms with van der Waals surface area (Å²) in [4.78, 5) is 12.9. The number of hydrogen-bond acceptors (Lipinski definition) is 4. The highest BCUT2D eigenvalue weighted by Crippen LogP contribution is 2.36. The minimum absolute atomic E-state index is 0.0764. The molecule has 0 unspecified atom stereocenters. The van der Waals surface area contributed by atoms with Crippen LogP contribution >= 0.6 is 0 Å². The summed E-state index contributed by atoms with van der Waals surface area (Å²) < 4.78 is 11.4. The molecule has 5 nitrogen and oxygen atoms in total. The summed E-state index contributed by atoms with van der Waals surface area (Å²) in [6.07, 6.45) is 4.45. The Labute approximate surface area is 150 Å². The Morgan fingerprint density at radius 3 is 2.88 bits per heavy atom. The molecule has 1 aliphatic rings. The lowest BCUT2D eigenvalue weighted by atomic mass is 9.78. The molecule has 25 heavy (non-hydrogen) atoms. The summed E-state index contributed by atoms with van der Waals surface area (Å²) in [7, 11) is 1.59. The van der Waals surface area contributed by atoms with E-state index < -0.39 is 5.60 Å². The highest BCUT2D eigenvalue weighted by Gasteiger charge is 2.42. The number of hydrogen-bond donors (Lipinski definition) is 1. The Morgan fingerprint density at radius 1 is 1.52 bits per heavy atom. The fraction of sp³-hybridized carbons (Fsp3) is 0.600. The minimum Gasteiger partial charge on any atom is -0.491 e. The lowest BCUT2D eigenvalue weighted by Gasteiger charge is -2.37. The van der Waals surface area contributed by atoms with Crippen molar-refractivity contribution in [2.24, 2.45) is 5.92 Å². The van der Waals surface area contributed by atoms with E-state index >= 15 is 0 Å². The number of carbonyl (C=O) groups excluding carboxylic acids is 1. The van der Waals surface area contributed by atoms with Crippen LogP contribution in [0.3, 0.4) is 0 Å². The molecule has 2 rings (SSSR count). The van der Waals surface area contributed by atoms with Gasteiger partial charge in [0.1, 0.15) is 17.4 Å². The largest absolute Gasteiger partial charge is 0.491 e. The number of benzene rings is 1. The Bertz CT molecular complexity index is 653. The van der Waals surface area contributed by atoms with Crippen LogP contribution in [0.4, 0.5) is 5.69 Å². The predicted molar refractivity (Wildman–Crippen MR) is 97.5 cm³/mol. The van der Waals surface area contributed by atoms with Gasteiger partial charge in [0.15, 0.2) is 0 Å². The first-order valence-corrected chi connectivity index (χ1v) is 9.01. The maximum absolute atomic E-state index is 12.9. The Balaban J connectivity index is 2.18. The van der Waals surface area contributed by atoms with Crippen molar-refractivity contribution in [1.29, 1.82) is 5.26 Å². The van der Waals surface area contributed by atoms with Crippen LogP contribution in [-0.2, 0) is 9.53 Å². The van der Waals surface area contributed by atoms with Gasteiger partial charge in [0.05, 0.1) is 17.4 Å². The van der Waals surface area contributed by atoms with E-state index in [1.807, 2.05) is 13.8 Å². The molecule has 0 aliphatic heterocycles. The zero-order valence-corrected chi connectivity index (χ0v) is 15.6. The van der Waals surface area contributed by atoms with Gasteiger partial charge in [0.2, 0.25) is 0 Å². The molecular formula is C20H28N2O3. The summed E-state index contributed by atoms with van der Waals surface area (Å²) in [5, 5.41) is 12.3. The Morgan fingerprint density at radius 2 is 2.28 bits per heavy atom. The topological polar surface area (TPSA) is 71.3 Å². The van der Waals surface area contributed by atoms with Gasteiger partial charge in [-0.1, -0.05) is 20.3 Å². The zero-order chi connectivity index (χ0) is 18.4. The second kappa shape index (κ2) is 8.35. The van der Waals surface area contributed by atoms with Crippen LogP contribution in [0.5, 0.6) is 5.75 Å². The molecule has 1 aliphatic carbocycles. The van der Waals surface area contributed by atoms with Gasteiger partial charge in [-0.25, -0.2) is 0 Å². The van der Waals surface area contributed by atoms with Gasteiger partial charge in [-0.05, 0) is 50.7 Å². The number of carbonyl (C=O) groups is 1. The molecule has 0 aromatic heterocycles. The standard InChI is InChI=1S/C20H28N2O3/c1-5-15(3)25-17-8-9-18(16(11-17)13-21)22-19(23)20(24-4)10-6-7-14(2)12-20/h8-9,11,14-15H,5-7,10,12H2,1-4H3,(H,22,23)/t14-,15+,20-/m1/s1. The van der Waals surface area contributed by atoms with E-state index in [0.717, 1.165) is 19.3 Å². The van der Waals surface area contributed by atoms with E-state index in [-0.39, 0.29) is 12.0 Å². The molecule has 1 N–H and O–H groups in total. The molecule has 136 valence electrons. The Hall–Kier alpha value is -2.06. The number of methoxy groups -OCH3 is 1. The van der Waals surface area contributed by atoms with Crippen molar-refractivity contribution in [1.82, 2.24) is 0 Å². The lowest BCUT2D eigenvalue weighted by Crippen LogP contribution is -2.48. The summed E-state index contributed by atoms with van der Waals surface area (Å²) in [5.74, 6) is 0.909. The summed E-state index contributed by atoms with van der Waals surface area (Å²) >= 11 is 0. The summed E-state index contributed by atoms with van der Waals surface area (Å²) in [5.41, 5.74) is 0.0824. The average molecular weight is 344 g/mol. The maximum Gasteiger partial charge on any atom is 0.256 e. The molecule has 0 radical (unpaired) electrons. The molecule has 1 aromatic rings. The van der Waals surface area contributed by atoms with Gasteiger partial charge in [-0.15, -0.1) is 0 Å². The second-order valence-corrected chi connectivity index (χ2v) is 7.01. The molecule has 0 bridgehead atoms. The van der Waals surface area contributed by atoms with Crippen LogP contribution in [0, 0.1) is 17.2 Å². The van der Waals surface area contributed by atoms with E-state index in [1.165, 1.54) is 0 Å². The van der Waals surface area contributed by atoms with E-state index in [0.29, 0.717) is 35.8 Å². The van der Waals surface area contributed by atoms with E-state index in [9.17, 15) is 10.1 Å². The highest BCUT2D eigenvalue weighted by atomic mass is 16.5. The van der Waals surface area contributed by atoms with Gasteiger partial charge < -0.3 is 14.8 Å². The number of ether oxygens (including phenoxy) is 2. The lowest BCUT2D eigenvalue weighted by molar-refractivity contribution is -0.143. The molecule has 1 amide bonds. The van der Waals surface area contributed by atoms with Crippen LogP contribution in [0.25, 0.3) is 0 Å². The smallest absolute Gasteiger partial charge is 0.256 e. The third kappa shape index (κ3) is 4.52. The average Bonchev–Trinajstić information content (AvgIpc) is 2.62. The molecule has 0 heterocycles. The Kier molecular flexibility index (Phi) is 6.44. The van der Waals surface area contributed by atoms with Gasteiger partial charge >= 0.3 is 0 Å². The normalized spacial score (nSPS) is 24.2. The van der Waals surface area contributed by atoms with E-state index in [4.69, 9.17) is 9.47 Å². The van der Waals surface area contributed by atoms with Gasteiger partial charge in [-0.2, -0.15) is 5.26 Å². The monoisotopic (exact) mass is 344 g/mol. The number of amides is 1. The van der Waals surface area contributed by atoms with E-state index in [1.54, 1.807) is 25.3 Å². The molecular weight excluding hydrogens is 316 g/mol. The fourth-order valence-electron chi connectivity index (χ4n) is 3.34. The zero-order valence-electron chi connectivity index (χ0n) is 15.6. The molecule has 1 aromatic carbocycles. The molecule has 0 spiro atoms. The number of rotatable bonds is 6. The minimum atomic E-state index is -0.809. The molecule has 1 saturated carbocycles.